The quantitative estimate of drug-likeness (QED) is 0.685. The first kappa shape index (κ1) is 16.4. The highest BCUT2D eigenvalue weighted by atomic mass is 32.2. The summed E-state index contributed by atoms with van der Waals surface area (Å²) in [6.07, 6.45) is 1.20. The Hall–Kier alpha value is -1.61. The van der Waals surface area contributed by atoms with E-state index in [4.69, 9.17) is 0 Å². The maximum Gasteiger partial charge on any atom is 0.213 e. The molecule has 1 atom stereocenters. The minimum atomic E-state index is -3.82. The largest absolute Gasteiger partial charge is 0.380 e. The van der Waals surface area contributed by atoms with Crippen molar-refractivity contribution in [3.8, 4) is 0 Å². The van der Waals surface area contributed by atoms with Gasteiger partial charge in [-0.3, -0.25) is 0 Å². The molecule has 0 saturated carbocycles. The van der Waals surface area contributed by atoms with Gasteiger partial charge >= 0.3 is 0 Å². The number of aryl methyl sites for hydroxylation is 1. The molecule has 0 aromatic heterocycles. The van der Waals surface area contributed by atoms with Crippen molar-refractivity contribution in [2.45, 2.75) is 38.2 Å². The molecule has 0 saturated heterocycles. The highest BCUT2D eigenvalue weighted by Gasteiger charge is 2.34. The van der Waals surface area contributed by atoms with Crippen molar-refractivity contribution in [2.24, 2.45) is 0 Å². The summed E-state index contributed by atoms with van der Waals surface area (Å²) in [4.78, 5) is -0.0576. The summed E-state index contributed by atoms with van der Waals surface area (Å²) in [5.74, 6) is 0. The van der Waals surface area contributed by atoms with Crippen molar-refractivity contribution in [2.75, 3.05) is 0 Å². The van der Waals surface area contributed by atoms with Gasteiger partial charge in [0, 0.05) is 0 Å². The SMILES string of the molecule is C=CC(C)(O)C(=C=C(C)C)S(=O)(=O)c1ccc(C)cc1. The Bertz CT molecular complexity index is 667. The van der Waals surface area contributed by atoms with Gasteiger partial charge < -0.3 is 5.11 Å². The van der Waals surface area contributed by atoms with Crippen LogP contribution < -0.4 is 0 Å². The number of sulfone groups is 1. The number of benzene rings is 1. The fourth-order valence-electron chi connectivity index (χ4n) is 1.62. The Morgan fingerprint density at radius 1 is 1.30 bits per heavy atom. The van der Waals surface area contributed by atoms with Gasteiger partial charge in [0.1, 0.15) is 10.5 Å². The van der Waals surface area contributed by atoms with Crippen molar-refractivity contribution in [3.05, 3.63) is 58.7 Å². The van der Waals surface area contributed by atoms with Gasteiger partial charge in [-0.25, -0.2) is 8.42 Å². The van der Waals surface area contributed by atoms with E-state index in [2.05, 4.69) is 12.3 Å². The van der Waals surface area contributed by atoms with E-state index in [9.17, 15) is 13.5 Å². The van der Waals surface area contributed by atoms with Crippen molar-refractivity contribution < 1.29 is 13.5 Å². The van der Waals surface area contributed by atoms with Crippen LogP contribution in [0.25, 0.3) is 0 Å². The minimum absolute atomic E-state index is 0.133. The Kier molecular flexibility index (Phi) is 4.77. The Balaban J connectivity index is 3.62. The molecule has 0 heterocycles. The fourth-order valence-corrected chi connectivity index (χ4v) is 3.32. The molecule has 20 heavy (non-hydrogen) atoms. The fraction of sp³-hybridized carbons (Fsp3) is 0.312. The first-order chi connectivity index (χ1) is 9.11. The standard InChI is InChI=1S/C16H20O3S/c1-6-16(5,17)15(11-12(2)3)20(18,19)14-9-7-13(4)8-10-14/h6-10,17H,1H2,2-5H3. The average molecular weight is 292 g/mol. The summed E-state index contributed by atoms with van der Waals surface area (Å²) in [7, 11) is -3.82. The second-order valence-corrected chi connectivity index (χ2v) is 7.01. The Morgan fingerprint density at radius 2 is 1.80 bits per heavy atom. The van der Waals surface area contributed by atoms with Gasteiger partial charge in [-0.15, -0.1) is 5.73 Å². The molecular formula is C16H20O3S. The van der Waals surface area contributed by atoms with Gasteiger partial charge in [-0.1, -0.05) is 30.4 Å². The summed E-state index contributed by atoms with van der Waals surface area (Å²) >= 11 is 0. The highest BCUT2D eigenvalue weighted by Crippen LogP contribution is 2.29. The van der Waals surface area contributed by atoms with Crippen LogP contribution in [0.4, 0.5) is 0 Å². The molecule has 0 bridgehead atoms. The lowest BCUT2D eigenvalue weighted by Gasteiger charge is -2.21. The Labute approximate surface area is 120 Å². The Morgan fingerprint density at radius 3 is 2.20 bits per heavy atom. The third-order valence-electron chi connectivity index (χ3n) is 2.82. The molecule has 1 aromatic carbocycles. The smallest absolute Gasteiger partial charge is 0.213 e. The summed E-state index contributed by atoms with van der Waals surface area (Å²) < 4.78 is 25.3. The predicted octanol–water partition coefficient (Wildman–Crippen LogP) is 3.15. The lowest BCUT2D eigenvalue weighted by Crippen LogP contribution is -2.28. The summed E-state index contributed by atoms with van der Waals surface area (Å²) in [5, 5.41) is 10.3. The molecule has 1 N–H and O–H groups in total. The zero-order valence-electron chi connectivity index (χ0n) is 12.3. The van der Waals surface area contributed by atoms with Crippen molar-refractivity contribution >= 4 is 9.84 Å². The minimum Gasteiger partial charge on any atom is -0.380 e. The zero-order chi connectivity index (χ0) is 15.6. The van der Waals surface area contributed by atoms with Gasteiger partial charge in [0.15, 0.2) is 0 Å². The molecule has 0 amide bonds. The number of rotatable bonds is 4. The van der Waals surface area contributed by atoms with Crippen molar-refractivity contribution in [1.82, 2.24) is 0 Å². The van der Waals surface area contributed by atoms with Crippen molar-refractivity contribution in [1.29, 1.82) is 0 Å². The maximum absolute atomic E-state index is 12.7. The summed E-state index contributed by atoms with van der Waals surface area (Å²) in [5.41, 5.74) is 2.71. The third-order valence-corrected chi connectivity index (χ3v) is 4.77. The van der Waals surface area contributed by atoms with Crippen LogP contribution in [-0.4, -0.2) is 19.1 Å². The van der Waals surface area contributed by atoms with E-state index in [1.54, 1.807) is 26.0 Å². The van der Waals surface area contributed by atoms with Gasteiger partial charge in [0.25, 0.3) is 0 Å². The molecular weight excluding hydrogens is 272 g/mol. The van der Waals surface area contributed by atoms with E-state index >= 15 is 0 Å². The van der Waals surface area contributed by atoms with Crippen LogP contribution >= 0.6 is 0 Å². The van der Waals surface area contributed by atoms with Crippen LogP contribution in [0.1, 0.15) is 26.3 Å². The molecule has 0 radical (unpaired) electrons. The molecule has 0 aliphatic rings. The first-order valence-corrected chi connectivity index (χ1v) is 7.72. The van der Waals surface area contributed by atoms with Crippen LogP contribution in [0, 0.1) is 6.92 Å². The second kappa shape index (κ2) is 5.80. The van der Waals surface area contributed by atoms with Crippen LogP contribution in [0.5, 0.6) is 0 Å². The predicted molar refractivity (Wildman–Crippen MR) is 81.1 cm³/mol. The van der Waals surface area contributed by atoms with Gasteiger partial charge in [-0.2, -0.15) is 0 Å². The van der Waals surface area contributed by atoms with Crippen LogP contribution in [-0.2, 0) is 9.84 Å². The van der Waals surface area contributed by atoms with Gasteiger partial charge in [-0.05, 0) is 45.4 Å². The number of hydrogen-bond donors (Lipinski definition) is 1. The van der Waals surface area contributed by atoms with Gasteiger partial charge in [0.05, 0.1) is 4.90 Å². The van der Waals surface area contributed by atoms with E-state index in [1.165, 1.54) is 25.1 Å². The topological polar surface area (TPSA) is 54.4 Å². The number of aliphatic hydroxyl groups is 1. The molecule has 0 aliphatic carbocycles. The molecule has 1 rings (SSSR count). The third kappa shape index (κ3) is 3.48. The van der Waals surface area contributed by atoms with E-state index in [1.807, 2.05) is 6.92 Å². The van der Waals surface area contributed by atoms with Crippen LogP contribution in [0.3, 0.4) is 0 Å². The van der Waals surface area contributed by atoms with E-state index < -0.39 is 15.4 Å². The van der Waals surface area contributed by atoms with Crippen LogP contribution in [0.2, 0.25) is 0 Å². The molecule has 108 valence electrons. The van der Waals surface area contributed by atoms with Gasteiger partial charge in [0.2, 0.25) is 9.84 Å². The van der Waals surface area contributed by atoms with Crippen molar-refractivity contribution in [3.63, 3.8) is 0 Å². The van der Waals surface area contributed by atoms with E-state index in [-0.39, 0.29) is 9.80 Å². The molecule has 0 aliphatic heterocycles. The maximum atomic E-state index is 12.7. The van der Waals surface area contributed by atoms with E-state index in [0.717, 1.165) is 5.56 Å². The lowest BCUT2D eigenvalue weighted by atomic mass is 10.1. The monoisotopic (exact) mass is 292 g/mol. The average Bonchev–Trinajstić information content (AvgIpc) is 2.36. The number of hydrogen-bond acceptors (Lipinski definition) is 3. The summed E-state index contributed by atoms with van der Waals surface area (Å²) in [6, 6.07) is 6.48. The molecule has 4 heteroatoms. The van der Waals surface area contributed by atoms with E-state index in [0.29, 0.717) is 5.57 Å². The normalized spacial score (nSPS) is 14.1. The zero-order valence-corrected chi connectivity index (χ0v) is 13.1. The second-order valence-electron chi connectivity index (χ2n) is 5.12. The first-order valence-electron chi connectivity index (χ1n) is 6.23. The lowest BCUT2D eigenvalue weighted by molar-refractivity contribution is 0.159. The molecule has 1 unspecified atom stereocenters. The molecule has 1 aromatic rings. The summed E-state index contributed by atoms with van der Waals surface area (Å²) in [6.45, 7) is 10.2. The highest BCUT2D eigenvalue weighted by molar-refractivity contribution is 7.95. The molecule has 0 spiro atoms. The van der Waals surface area contributed by atoms with Crippen LogP contribution in [0.15, 0.2) is 58.0 Å². The molecule has 3 nitrogen and oxygen atoms in total. The molecule has 0 fully saturated rings.